The Morgan fingerprint density at radius 2 is 2.17 bits per heavy atom. The van der Waals surface area contributed by atoms with Crippen LogP contribution in [0.5, 0.6) is 0 Å². The molecule has 1 aliphatic heterocycles. The molecule has 106 valence electrons. The van der Waals surface area contributed by atoms with E-state index >= 15 is 0 Å². The van der Waals surface area contributed by atoms with E-state index < -0.39 is 11.5 Å². The summed E-state index contributed by atoms with van der Waals surface area (Å²) in [5.41, 5.74) is -0.820. The molecule has 4 nitrogen and oxygen atoms in total. The third-order valence-electron chi connectivity index (χ3n) is 4.14. The number of aliphatic carboxylic acids is 1. The third-order valence-corrected chi connectivity index (χ3v) is 4.14. The second-order valence-corrected chi connectivity index (χ2v) is 6.11. The smallest absolute Gasteiger partial charge is 0.323 e. The van der Waals surface area contributed by atoms with E-state index in [0.717, 1.165) is 12.5 Å². The predicted octanol–water partition coefficient (Wildman–Crippen LogP) is 1.95. The van der Waals surface area contributed by atoms with Crippen molar-refractivity contribution in [3.05, 3.63) is 0 Å². The molecule has 1 aliphatic rings. The predicted molar refractivity (Wildman–Crippen MR) is 73.7 cm³/mol. The standard InChI is InChI=1S/C14H28N2O2/c1-6-15-14(5,13(17)18)8-12(4)16-9-10(2)7-11(16)3/h10-12,15H,6-9H2,1-5H3,(H,17,18). The van der Waals surface area contributed by atoms with Crippen molar-refractivity contribution in [3.8, 4) is 0 Å². The van der Waals surface area contributed by atoms with Gasteiger partial charge in [-0.3, -0.25) is 9.69 Å². The summed E-state index contributed by atoms with van der Waals surface area (Å²) < 4.78 is 0. The zero-order chi connectivity index (χ0) is 13.9. The summed E-state index contributed by atoms with van der Waals surface area (Å²) in [6.07, 6.45) is 1.86. The van der Waals surface area contributed by atoms with E-state index in [1.165, 1.54) is 6.42 Å². The lowest BCUT2D eigenvalue weighted by Crippen LogP contribution is -2.53. The average Bonchev–Trinajstić information content (AvgIpc) is 2.57. The van der Waals surface area contributed by atoms with E-state index in [-0.39, 0.29) is 0 Å². The molecule has 4 heteroatoms. The molecule has 1 fully saturated rings. The second kappa shape index (κ2) is 6.02. The summed E-state index contributed by atoms with van der Waals surface area (Å²) in [5, 5.41) is 12.5. The van der Waals surface area contributed by atoms with Crippen molar-refractivity contribution in [1.29, 1.82) is 0 Å². The van der Waals surface area contributed by atoms with Crippen LogP contribution in [0.4, 0.5) is 0 Å². The fourth-order valence-electron chi connectivity index (χ4n) is 3.28. The molecule has 1 rings (SSSR count). The van der Waals surface area contributed by atoms with Crippen LogP contribution in [0.15, 0.2) is 0 Å². The largest absolute Gasteiger partial charge is 0.480 e. The van der Waals surface area contributed by atoms with E-state index in [0.29, 0.717) is 25.0 Å². The summed E-state index contributed by atoms with van der Waals surface area (Å²) in [5.74, 6) is -0.0335. The average molecular weight is 256 g/mol. The van der Waals surface area contributed by atoms with Gasteiger partial charge in [0.05, 0.1) is 0 Å². The topological polar surface area (TPSA) is 52.6 Å². The number of likely N-dealkylation sites (tertiary alicyclic amines) is 1. The molecule has 0 radical (unpaired) electrons. The summed E-state index contributed by atoms with van der Waals surface area (Å²) in [6.45, 7) is 12.2. The van der Waals surface area contributed by atoms with Crippen LogP contribution in [0, 0.1) is 5.92 Å². The maximum atomic E-state index is 11.4. The van der Waals surface area contributed by atoms with Crippen LogP contribution in [0.3, 0.4) is 0 Å². The van der Waals surface area contributed by atoms with E-state index in [1.807, 2.05) is 6.92 Å². The first-order valence-electron chi connectivity index (χ1n) is 7.04. The maximum absolute atomic E-state index is 11.4. The monoisotopic (exact) mass is 256 g/mol. The van der Waals surface area contributed by atoms with Crippen molar-refractivity contribution in [2.24, 2.45) is 5.92 Å². The molecule has 1 heterocycles. The summed E-state index contributed by atoms with van der Waals surface area (Å²) in [6, 6.07) is 0.861. The molecular weight excluding hydrogens is 228 g/mol. The molecule has 4 atom stereocenters. The van der Waals surface area contributed by atoms with Crippen LogP contribution < -0.4 is 5.32 Å². The number of rotatable bonds is 6. The molecule has 0 saturated carbocycles. The van der Waals surface area contributed by atoms with Crippen molar-refractivity contribution >= 4 is 5.97 Å². The highest BCUT2D eigenvalue weighted by molar-refractivity contribution is 5.78. The van der Waals surface area contributed by atoms with E-state index in [9.17, 15) is 9.90 Å². The summed E-state index contributed by atoms with van der Waals surface area (Å²) >= 11 is 0. The molecule has 0 amide bonds. The Morgan fingerprint density at radius 1 is 1.56 bits per heavy atom. The Kier molecular flexibility index (Phi) is 5.17. The molecule has 1 saturated heterocycles. The minimum Gasteiger partial charge on any atom is -0.480 e. The van der Waals surface area contributed by atoms with Gasteiger partial charge in [-0.15, -0.1) is 0 Å². The highest BCUT2D eigenvalue weighted by Crippen LogP contribution is 2.27. The lowest BCUT2D eigenvalue weighted by atomic mass is 9.92. The van der Waals surface area contributed by atoms with Gasteiger partial charge in [0.2, 0.25) is 0 Å². The summed E-state index contributed by atoms with van der Waals surface area (Å²) in [4.78, 5) is 13.9. The number of likely N-dealkylation sites (N-methyl/N-ethyl adjacent to an activating group) is 1. The Labute approximate surface area is 111 Å². The Balaban J connectivity index is 2.67. The Morgan fingerprint density at radius 3 is 2.56 bits per heavy atom. The Bertz CT molecular complexity index is 296. The van der Waals surface area contributed by atoms with E-state index in [1.54, 1.807) is 6.92 Å². The number of hydrogen-bond acceptors (Lipinski definition) is 3. The minimum atomic E-state index is -0.820. The number of carbonyl (C=O) groups is 1. The molecule has 0 aromatic carbocycles. The molecule has 0 spiro atoms. The summed E-state index contributed by atoms with van der Waals surface area (Å²) in [7, 11) is 0. The maximum Gasteiger partial charge on any atom is 0.323 e. The molecule has 0 aliphatic carbocycles. The van der Waals surface area contributed by atoms with Crippen molar-refractivity contribution < 1.29 is 9.90 Å². The number of carboxylic acid groups (broad SMARTS) is 1. The first-order valence-corrected chi connectivity index (χ1v) is 7.04. The fraction of sp³-hybridized carbons (Fsp3) is 0.929. The van der Waals surface area contributed by atoms with Crippen molar-refractivity contribution in [2.45, 2.75) is 65.1 Å². The quantitative estimate of drug-likeness (QED) is 0.762. The Hall–Kier alpha value is -0.610. The van der Waals surface area contributed by atoms with E-state index in [4.69, 9.17) is 0 Å². The first-order chi connectivity index (χ1) is 8.30. The van der Waals surface area contributed by atoms with Crippen molar-refractivity contribution in [2.75, 3.05) is 13.1 Å². The van der Waals surface area contributed by atoms with Gasteiger partial charge in [-0.25, -0.2) is 0 Å². The lowest BCUT2D eigenvalue weighted by Gasteiger charge is -2.35. The van der Waals surface area contributed by atoms with Crippen LogP contribution in [-0.2, 0) is 4.79 Å². The molecule has 0 bridgehead atoms. The van der Waals surface area contributed by atoms with E-state index in [2.05, 4.69) is 31.0 Å². The van der Waals surface area contributed by atoms with Gasteiger partial charge < -0.3 is 10.4 Å². The minimum absolute atomic E-state index is 0.296. The van der Waals surface area contributed by atoms with Crippen LogP contribution in [0.1, 0.15) is 47.5 Å². The number of nitrogens with zero attached hydrogens (tertiary/aromatic N) is 1. The highest BCUT2D eigenvalue weighted by atomic mass is 16.4. The number of nitrogens with one attached hydrogen (secondary N) is 1. The van der Waals surface area contributed by atoms with Gasteiger partial charge in [0.1, 0.15) is 5.54 Å². The highest BCUT2D eigenvalue weighted by Gasteiger charge is 2.38. The third kappa shape index (κ3) is 3.45. The van der Waals surface area contributed by atoms with Gasteiger partial charge in [0.15, 0.2) is 0 Å². The van der Waals surface area contributed by atoms with Gasteiger partial charge in [-0.2, -0.15) is 0 Å². The molecule has 0 aromatic rings. The van der Waals surface area contributed by atoms with Gasteiger partial charge in [0, 0.05) is 18.6 Å². The molecular formula is C14H28N2O2. The second-order valence-electron chi connectivity index (χ2n) is 6.11. The van der Waals surface area contributed by atoms with Gasteiger partial charge >= 0.3 is 5.97 Å². The zero-order valence-corrected chi connectivity index (χ0v) is 12.4. The zero-order valence-electron chi connectivity index (χ0n) is 12.4. The molecule has 18 heavy (non-hydrogen) atoms. The fourth-order valence-corrected chi connectivity index (χ4v) is 3.28. The normalized spacial score (nSPS) is 30.1. The van der Waals surface area contributed by atoms with Crippen molar-refractivity contribution in [3.63, 3.8) is 0 Å². The van der Waals surface area contributed by atoms with Gasteiger partial charge in [-0.05, 0) is 46.1 Å². The van der Waals surface area contributed by atoms with Gasteiger partial charge in [0.25, 0.3) is 0 Å². The molecule has 4 unspecified atom stereocenters. The SMILES string of the molecule is CCNC(C)(CC(C)N1CC(C)CC1C)C(=O)O. The molecule has 0 aromatic heterocycles. The van der Waals surface area contributed by atoms with Crippen LogP contribution >= 0.6 is 0 Å². The van der Waals surface area contributed by atoms with Gasteiger partial charge in [-0.1, -0.05) is 13.8 Å². The van der Waals surface area contributed by atoms with Crippen LogP contribution in [-0.4, -0.2) is 46.7 Å². The van der Waals surface area contributed by atoms with Crippen LogP contribution in [0.2, 0.25) is 0 Å². The van der Waals surface area contributed by atoms with Crippen LogP contribution in [0.25, 0.3) is 0 Å². The number of hydrogen-bond donors (Lipinski definition) is 2. The van der Waals surface area contributed by atoms with Crippen molar-refractivity contribution in [1.82, 2.24) is 10.2 Å². The molecule has 2 N–H and O–H groups in total. The number of carboxylic acids is 1. The first kappa shape index (κ1) is 15.4. The lowest BCUT2D eigenvalue weighted by molar-refractivity contribution is -0.145.